The molecule has 0 aliphatic heterocycles. The summed E-state index contributed by atoms with van der Waals surface area (Å²) in [6.45, 7) is 1.89. The van der Waals surface area contributed by atoms with Crippen molar-refractivity contribution < 1.29 is 8.42 Å². The summed E-state index contributed by atoms with van der Waals surface area (Å²) in [5.41, 5.74) is 2.87. The van der Waals surface area contributed by atoms with Crippen molar-refractivity contribution in [1.29, 1.82) is 0 Å². The molecule has 32 heavy (non-hydrogen) atoms. The lowest BCUT2D eigenvalue weighted by atomic mass is 10.3. The highest BCUT2D eigenvalue weighted by molar-refractivity contribution is 7.92. The summed E-state index contributed by atoms with van der Waals surface area (Å²) in [6.07, 6.45) is 0. The van der Waals surface area contributed by atoms with Crippen LogP contribution < -0.4 is 15.4 Å². The van der Waals surface area contributed by atoms with Crippen LogP contribution >= 0.6 is 11.6 Å². The van der Waals surface area contributed by atoms with Gasteiger partial charge in [-0.2, -0.15) is 4.98 Å². The summed E-state index contributed by atoms with van der Waals surface area (Å²) in [6, 6.07) is 24.4. The van der Waals surface area contributed by atoms with Crippen LogP contribution in [0.25, 0.3) is 0 Å². The van der Waals surface area contributed by atoms with Crippen molar-refractivity contribution in [2.75, 3.05) is 15.4 Å². The molecule has 3 N–H and O–H groups in total. The van der Waals surface area contributed by atoms with Crippen molar-refractivity contribution in [2.45, 2.75) is 11.8 Å². The predicted octanol–water partition coefficient (Wildman–Crippen LogP) is 5.73. The highest BCUT2D eigenvalue weighted by Crippen LogP contribution is 2.22. The number of aromatic nitrogens is 2. The highest BCUT2D eigenvalue weighted by atomic mass is 35.5. The molecule has 0 atom stereocenters. The Labute approximate surface area is 191 Å². The average molecular weight is 466 g/mol. The van der Waals surface area contributed by atoms with Gasteiger partial charge in [-0.15, -0.1) is 0 Å². The van der Waals surface area contributed by atoms with E-state index < -0.39 is 10.0 Å². The monoisotopic (exact) mass is 465 g/mol. The van der Waals surface area contributed by atoms with Crippen LogP contribution in [0.1, 0.15) is 5.69 Å². The minimum absolute atomic E-state index is 0.135. The number of anilines is 5. The maximum atomic E-state index is 12.5. The van der Waals surface area contributed by atoms with Crippen LogP contribution in [-0.2, 0) is 10.0 Å². The van der Waals surface area contributed by atoms with Crippen molar-refractivity contribution in [2.24, 2.45) is 0 Å². The summed E-state index contributed by atoms with van der Waals surface area (Å²) in [5, 5.41) is 6.87. The summed E-state index contributed by atoms with van der Waals surface area (Å²) in [5.74, 6) is 1.09. The maximum absolute atomic E-state index is 12.5. The molecule has 1 heterocycles. The molecule has 162 valence electrons. The second kappa shape index (κ2) is 9.25. The lowest BCUT2D eigenvalue weighted by Crippen LogP contribution is -2.12. The fourth-order valence-corrected chi connectivity index (χ4v) is 4.12. The van der Waals surface area contributed by atoms with E-state index in [9.17, 15) is 8.42 Å². The largest absolute Gasteiger partial charge is 0.340 e. The van der Waals surface area contributed by atoms with Gasteiger partial charge in [0.25, 0.3) is 10.0 Å². The molecule has 7 nitrogen and oxygen atoms in total. The normalized spacial score (nSPS) is 11.1. The maximum Gasteiger partial charge on any atom is 0.261 e. The molecule has 0 amide bonds. The van der Waals surface area contributed by atoms with Crippen molar-refractivity contribution in [3.8, 4) is 0 Å². The van der Waals surface area contributed by atoms with Gasteiger partial charge in [0.05, 0.1) is 4.90 Å². The topological polar surface area (TPSA) is 96.0 Å². The molecule has 0 saturated carbocycles. The molecule has 0 unspecified atom stereocenters. The van der Waals surface area contributed by atoms with Crippen LogP contribution in [0.3, 0.4) is 0 Å². The fraction of sp³-hybridized carbons (Fsp3) is 0.0435. The van der Waals surface area contributed by atoms with Gasteiger partial charge >= 0.3 is 0 Å². The van der Waals surface area contributed by atoms with Crippen molar-refractivity contribution in [3.63, 3.8) is 0 Å². The lowest BCUT2D eigenvalue weighted by molar-refractivity contribution is 0.601. The zero-order valence-corrected chi connectivity index (χ0v) is 18.7. The number of para-hydroxylation sites is 1. The molecular weight excluding hydrogens is 446 g/mol. The van der Waals surface area contributed by atoms with Gasteiger partial charge in [0.1, 0.15) is 5.82 Å². The van der Waals surface area contributed by atoms with Gasteiger partial charge in [0.2, 0.25) is 5.95 Å². The van der Waals surface area contributed by atoms with Gasteiger partial charge in [-0.05, 0) is 67.6 Å². The number of rotatable bonds is 7. The van der Waals surface area contributed by atoms with Gasteiger partial charge in [-0.3, -0.25) is 4.72 Å². The van der Waals surface area contributed by atoms with E-state index >= 15 is 0 Å². The third-order valence-corrected chi connectivity index (χ3v) is 6.07. The Morgan fingerprint density at radius 2 is 1.38 bits per heavy atom. The van der Waals surface area contributed by atoms with Gasteiger partial charge in [-0.25, -0.2) is 13.4 Å². The van der Waals surface area contributed by atoms with Crippen LogP contribution in [0.2, 0.25) is 5.02 Å². The third kappa shape index (κ3) is 5.54. The summed E-state index contributed by atoms with van der Waals surface area (Å²) >= 11 is 5.83. The van der Waals surface area contributed by atoms with E-state index in [2.05, 4.69) is 25.3 Å². The van der Waals surface area contributed by atoms with E-state index in [-0.39, 0.29) is 4.90 Å². The van der Waals surface area contributed by atoms with E-state index in [4.69, 9.17) is 11.6 Å². The first-order valence-electron chi connectivity index (χ1n) is 9.71. The van der Waals surface area contributed by atoms with E-state index in [1.807, 2.05) is 43.3 Å². The molecule has 3 aromatic carbocycles. The number of benzene rings is 3. The molecule has 0 radical (unpaired) electrons. The Morgan fingerprint density at radius 3 is 2.06 bits per heavy atom. The molecule has 4 aromatic rings. The molecule has 9 heteroatoms. The first-order valence-corrected chi connectivity index (χ1v) is 11.6. The predicted molar refractivity (Wildman–Crippen MR) is 128 cm³/mol. The van der Waals surface area contributed by atoms with E-state index in [0.29, 0.717) is 22.5 Å². The van der Waals surface area contributed by atoms with Crippen LogP contribution in [-0.4, -0.2) is 18.4 Å². The Balaban J connectivity index is 1.46. The van der Waals surface area contributed by atoms with Crippen LogP contribution in [0.4, 0.5) is 28.8 Å². The highest BCUT2D eigenvalue weighted by Gasteiger charge is 2.14. The van der Waals surface area contributed by atoms with Crippen LogP contribution in [0, 0.1) is 6.92 Å². The fourth-order valence-electron chi connectivity index (χ4n) is 2.94. The molecule has 0 fully saturated rings. The van der Waals surface area contributed by atoms with E-state index in [1.165, 1.54) is 24.3 Å². The van der Waals surface area contributed by atoms with Crippen LogP contribution in [0.5, 0.6) is 0 Å². The quantitative estimate of drug-likeness (QED) is 0.322. The SMILES string of the molecule is Cc1cc(Nc2ccccc2)nc(Nc2ccc(NS(=O)(=O)c3ccc(Cl)cc3)cc2)n1. The average Bonchev–Trinajstić information content (AvgIpc) is 2.75. The number of sulfonamides is 1. The summed E-state index contributed by atoms with van der Waals surface area (Å²) in [7, 11) is -3.70. The Kier molecular flexibility index (Phi) is 6.25. The molecule has 0 spiro atoms. The second-order valence-electron chi connectivity index (χ2n) is 6.97. The number of nitrogens with one attached hydrogen (secondary N) is 3. The van der Waals surface area contributed by atoms with Gasteiger partial charge in [-0.1, -0.05) is 29.8 Å². The van der Waals surface area contributed by atoms with Crippen molar-refractivity contribution in [1.82, 2.24) is 9.97 Å². The molecule has 0 saturated heterocycles. The minimum atomic E-state index is -3.70. The number of nitrogens with zero attached hydrogens (tertiary/aromatic N) is 2. The molecular formula is C23H20ClN5O2S. The lowest BCUT2D eigenvalue weighted by Gasteiger charge is -2.11. The number of halogens is 1. The smallest absolute Gasteiger partial charge is 0.261 e. The van der Waals surface area contributed by atoms with E-state index in [0.717, 1.165) is 17.1 Å². The zero-order chi connectivity index (χ0) is 22.6. The van der Waals surface area contributed by atoms with Crippen LogP contribution in [0.15, 0.2) is 89.8 Å². The Bertz CT molecular complexity index is 1310. The standard InChI is InChI=1S/C23H20ClN5O2S/c1-16-15-22(26-18-5-3-2-4-6-18)28-23(25-16)27-19-9-11-20(12-10-19)29-32(30,31)21-13-7-17(24)8-14-21/h2-15,29H,1H3,(H2,25,26,27,28). The number of hydrogen-bond acceptors (Lipinski definition) is 6. The third-order valence-electron chi connectivity index (χ3n) is 4.42. The van der Waals surface area contributed by atoms with Crippen molar-refractivity contribution in [3.05, 3.63) is 95.6 Å². The Morgan fingerprint density at radius 1 is 0.750 bits per heavy atom. The second-order valence-corrected chi connectivity index (χ2v) is 9.09. The first kappa shape index (κ1) is 21.6. The van der Waals surface area contributed by atoms with Crippen molar-refractivity contribution >= 4 is 50.5 Å². The molecule has 0 bridgehead atoms. The Hall–Kier alpha value is -3.62. The first-order chi connectivity index (χ1) is 15.4. The number of aryl methyl sites for hydroxylation is 1. The van der Waals surface area contributed by atoms with Gasteiger partial charge < -0.3 is 10.6 Å². The minimum Gasteiger partial charge on any atom is -0.340 e. The molecule has 0 aliphatic carbocycles. The molecule has 1 aromatic heterocycles. The zero-order valence-electron chi connectivity index (χ0n) is 17.1. The van der Waals surface area contributed by atoms with Gasteiger partial charge in [0.15, 0.2) is 0 Å². The van der Waals surface area contributed by atoms with E-state index in [1.54, 1.807) is 24.3 Å². The molecule has 4 rings (SSSR count). The molecule has 0 aliphatic rings. The summed E-state index contributed by atoms with van der Waals surface area (Å²) < 4.78 is 27.6. The number of hydrogen-bond donors (Lipinski definition) is 3. The summed E-state index contributed by atoms with van der Waals surface area (Å²) in [4.78, 5) is 9.05. The van der Waals surface area contributed by atoms with Gasteiger partial charge in [0, 0.05) is 33.8 Å².